The molecule has 1 aliphatic carbocycles. The van der Waals surface area contributed by atoms with Crippen LogP contribution in [0, 0.1) is 0 Å². The number of hydrogen-bond acceptors (Lipinski definition) is 0. The summed E-state index contributed by atoms with van der Waals surface area (Å²) in [6.45, 7) is 0. The molecule has 1 fully saturated rings. The van der Waals surface area contributed by atoms with Crippen LogP contribution in [0.25, 0.3) is 0 Å². The highest BCUT2D eigenvalue weighted by Crippen LogP contribution is 2.39. The van der Waals surface area contributed by atoms with Crippen LogP contribution in [-0.2, 0) is 0 Å². The fraction of sp³-hybridized carbons (Fsp3) is 1.00. The number of halogens is 6. The summed E-state index contributed by atoms with van der Waals surface area (Å²) in [5, 5.41) is -2.62. The van der Waals surface area contributed by atoms with E-state index in [2.05, 4.69) is 0 Å². The summed E-state index contributed by atoms with van der Waals surface area (Å²) < 4.78 is 0. The van der Waals surface area contributed by atoms with Crippen molar-refractivity contribution in [1.82, 2.24) is 0 Å². The summed E-state index contributed by atoms with van der Waals surface area (Å²) in [6.07, 6.45) is 0. The zero-order valence-electron chi connectivity index (χ0n) is 5.73. The zero-order valence-corrected chi connectivity index (χ0v) is 10.3. The first kappa shape index (κ1) is 15.5. The maximum Gasteiger partial charge on any atom is 0.316 e. The molecule has 0 aromatic rings. The van der Waals surface area contributed by atoms with Crippen LogP contribution in [0.15, 0.2) is 0 Å². The Kier molecular flexibility index (Phi) is 7.51. The summed E-state index contributed by atoms with van der Waals surface area (Å²) in [7, 11) is 0. The van der Waals surface area contributed by atoms with Crippen molar-refractivity contribution in [3.8, 4) is 0 Å². The van der Waals surface area contributed by atoms with Gasteiger partial charge in [-0.25, -0.2) is 0 Å². The lowest BCUT2D eigenvalue weighted by atomic mass is 9.97. The molecule has 76 valence electrons. The van der Waals surface area contributed by atoms with Gasteiger partial charge in [0.1, 0.15) is 0 Å². The predicted octanol–water partition coefficient (Wildman–Crippen LogP) is 2.73. The molecule has 0 aromatic carbocycles. The molecule has 1 rings (SSSR count). The minimum atomic E-state index is -0.437. The van der Waals surface area contributed by atoms with Crippen LogP contribution in [-0.4, -0.2) is 55.3 Å². The van der Waals surface area contributed by atoms with E-state index in [-0.39, 0.29) is 23.1 Å². The van der Waals surface area contributed by atoms with Gasteiger partial charge in [-0.05, 0) is 0 Å². The SMILES string of the molecule is Cl[C@H]1[C@H](Cl)[C@@H](Cl)[C@@H](Cl)[C@H](Cl)[C@H]1Cl.[MgH2]. The van der Waals surface area contributed by atoms with E-state index in [9.17, 15) is 0 Å². The lowest BCUT2D eigenvalue weighted by Crippen LogP contribution is -2.52. The average molecular weight is 317 g/mol. The van der Waals surface area contributed by atoms with E-state index >= 15 is 0 Å². The molecule has 0 unspecified atom stereocenters. The quantitative estimate of drug-likeness (QED) is 0.476. The third-order valence-electron chi connectivity index (χ3n) is 1.83. The maximum atomic E-state index is 5.88. The van der Waals surface area contributed by atoms with Gasteiger partial charge < -0.3 is 0 Å². The first-order valence-corrected chi connectivity index (χ1v) is 5.93. The molecule has 0 radical (unpaired) electrons. The minimum absolute atomic E-state index is 0. The monoisotopic (exact) mass is 314 g/mol. The van der Waals surface area contributed by atoms with E-state index in [1.54, 1.807) is 0 Å². The minimum Gasteiger partial charge on any atom is -0.120 e. The van der Waals surface area contributed by atoms with Gasteiger partial charge in [0.05, 0.1) is 32.3 Å². The van der Waals surface area contributed by atoms with Crippen molar-refractivity contribution < 1.29 is 0 Å². The predicted molar refractivity (Wildman–Crippen MR) is 66.4 cm³/mol. The van der Waals surface area contributed by atoms with Crippen LogP contribution in [0.3, 0.4) is 0 Å². The van der Waals surface area contributed by atoms with E-state index < -0.39 is 32.3 Å². The Morgan fingerprint density at radius 1 is 0.385 bits per heavy atom. The molecule has 13 heavy (non-hydrogen) atoms. The summed E-state index contributed by atoms with van der Waals surface area (Å²) >= 11 is 35.3. The third-order valence-corrected chi connectivity index (χ3v) is 5.86. The van der Waals surface area contributed by atoms with Crippen molar-refractivity contribution in [3.63, 3.8) is 0 Å². The first-order chi connectivity index (χ1) is 5.46. The van der Waals surface area contributed by atoms with Crippen molar-refractivity contribution in [2.75, 3.05) is 0 Å². The molecule has 0 nitrogen and oxygen atoms in total. The van der Waals surface area contributed by atoms with Crippen LogP contribution < -0.4 is 0 Å². The van der Waals surface area contributed by atoms with Crippen LogP contribution >= 0.6 is 69.6 Å². The lowest BCUT2D eigenvalue weighted by Gasteiger charge is -2.37. The molecule has 1 aliphatic rings. The van der Waals surface area contributed by atoms with Gasteiger partial charge in [-0.1, -0.05) is 0 Å². The van der Waals surface area contributed by atoms with Crippen LogP contribution in [0.1, 0.15) is 0 Å². The normalized spacial score (nSPS) is 51.2. The molecule has 0 bridgehead atoms. The van der Waals surface area contributed by atoms with E-state index in [0.29, 0.717) is 0 Å². The number of alkyl halides is 6. The number of hydrogen-bond donors (Lipinski definition) is 0. The molecule has 0 heterocycles. The Labute approximate surface area is 124 Å². The molecule has 0 atom stereocenters. The van der Waals surface area contributed by atoms with Gasteiger partial charge in [-0.2, -0.15) is 0 Å². The number of rotatable bonds is 0. The molecule has 7 heteroatoms. The molecule has 0 amide bonds. The Morgan fingerprint density at radius 3 is 0.538 bits per heavy atom. The molecule has 1 saturated carbocycles. The van der Waals surface area contributed by atoms with E-state index in [4.69, 9.17) is 69.6 Å². The van der Waals surface area contributed by atoms with E-state index in [1.807, 2.05) is 0 Å². The second kappa shape index (κ2) is 6.29. The van der Waals surface area contributed by atoms with Crippen LogP contribution in [0.5, 0.6) is 0 Å². The highest BCUT2D eigenvalue weighted by atomic mass is 35.5. The average Bonchev–Trinajstić information content (AvgIpc) is 2.08. The van der Waals surface area contributed by atoms with Crippen molar-refractivity contribution in [2.45, 2.75) is 32.3 Å². The Morgan fingerprint density at radius 2 is 0.462 bits per heavy atom. The molecular weight excluding hydrogens is 309 g/mol. The van der Waals surface area contributed by atoms with Crippen molar-refractivity contribution in [3.05, 3.63) is 0 Å². The summed E-state index contributed by atoms with van der Waals surface area (Å²) in [4.78, 5) is 0. The molecule has 0 aromatic heterocycles. The fourth-order valence-corrected chi connectivity index (χ4v) is 3.38. The smallest absolute Gasteiger partial charge is 0.120 e. The summed E-state index contributed by atoms with van der Waals surface area (Å²) in [6, 6.07) is 0. The maximum absolute atomic E-state index is 5.88. The Balaban J connectivity index is 0.00000144. The highest BCUT2D eigenvalue weighted by molar-refractivity contribution is 6.45. The fourth-order valence-electron chi connectivity index (χ4n) is 1.05. The zero-order chi connectivity index (χ0) is 9.46. The van der Waals surface area contributed by atoms with Crippen LogP contribution in [0.2, 0.25) is 0 Å². The van der Waals surface area contributed by atoms with Crippen molar-refractivity contribution in [2.24, 2.45) is 0 Å². The van der Waals surface area contributed by atoms with Gasteiger partial charge in [-0.15, -0.1) is 69.6 Å². The first-order valence-electron chi connectivity index (χ1n) is 3.31. The molecule has 0 spiro atoms. The van der Waals surface area contributed by atoms with Crippen molar-refractivity contribution >= 4 is 92.7 Å². The topological polar surface area (TPSA) is 0 Å². The summed E-state index contributed by atoms with van der Waals surface area (Å²) in [5.41, 5.74) is 0. The lowest BCUT2D eigenvalue weighted by molar-refractivity contribution is 0.544. The van der Waals surface area contributed by atoms with E-state index in [1.165, 1.54) is 0 Å². The van der Waals surface area contributed by atoms with Crippen molar-refractivity contribution in [1.29, 1.82) is 0 Å². The van der Waals surface area contributed by atoms with Gasteiger partial charge in [0.2, 0.25) is 0 Å². The molecule has 0 aliphatic heterocycles. The Hall–Kier alpha value is 2.51. The van der Waals surface area contributed by atoms with E-state index in [0.717, 1.165) is 0 Å². The molecular formula is C6H8Cl6Mg. The van der Waals surface area contributed by atoms with Gasteiger partial charge in [-0.3, -0.25) is 0 Å². The van der Waals surface area contributed by atoms with Gasteiger partial charge in [0, 0.05) is 0 Å². The standard InChI is InChI=1S/C6H6Cl6.Mg.2H/c7-1-2(8)4(10)6(12)5(11)3(1)9;;;/h1-6H;;;/t1-,2-,3-,4+,5+,6+;;;. The third kappa shape index (κ3) is 3.23. The van der Waals surface area contributed by atoms with Gasteiger partial charge >= 0.3 is 23.1 Å². The molecule has 0 N–H and O–H groups in total. The summed E-state index contributed by atoms with van der Waals surface area (Å²) in [5.74, 6) is 0. The second-order valence-electron chi connectivity index (χ2n) is 2.67. The van der Waals surface area contributed by atoms with Gasteiger partial charge in [0.15, 0.2) is 0 Å². The van der Waals surface area contributed by atoms with Crippen LogP contribution in [0.4, 0.5) is 0 Å². The molecule has 0 saturated heterocycles. The second-order valence-corrected chi connectivity index (χ2v) is 5.69. The largest absolute Gasteiger partial charge is 0.316 e. The highest BCUT2D eigenvalue weighted by Gasteiger charge is 2.46. The Bertz CT molecular complexity index is 109. The van der Waals surface area contributed by atoms with Gasteiger partial charge in [0.25, 0.3) is 0 Å².